The third-order valence-corrected chi connectivity index (χ3v) is 7.17. The highest BCUT2D eigenvalue weighted by molar-refractivity contribution is 6.32. The van der Waals surface area contributed by atoms with Crippen LogP contribution < -0.4 is 10.6 Å². The molecule has 6 nitrogen and oxygen atoms in total. The molecular weight excluding hydrogens is 463 g/mol. The van der Waals surface area contributed by atoms with Crippen molar-refractivity contribution in [2.24, 2.45) is 10.7 Å². The van der Waals surface area contributed by atoms with Gasteiger partial charge in [-0.05, 0) is 57.4 Å². The normalized spacial score (nSPS) is 21.6. The molecular formula is C27H34ClFN6. The number of hydrogen-bond donors (Lipinski definition) is 1. The number of benzene rings is 1. The summed E-state index contributed by atoms with van der Waals surface area (Å²) in [6, 6.07) is 9.26. The molecule has 3 heterocycles. The van der Waals surface area contributed by atoms with E-state index < -0.39 is 0 Å². The minimum Gasteiger partial charge on any atom is -0.398 e. The topological polar surface area (TPSA) is 61.0 Å². The number of likely N-dealkylation sites (tertiary alicyclic amines) is 1. The zero-order valence-electron chi connectivity index (χ0n) is 20.7. The van der Waals surface area contributed by atoms with Crippen LogP contribution >= 0.6 is 11.6 Å². The van der Waals surface area contributed by atoms with Gasteiger partial charge >= 0.3 is 0 Å². The van der Waals surface area contributed by atoms with Crippen LogP contribution in [0.4, 0.5) is 10.2 Å². The first kappa shape index (κ1) is 25.0. The number of pyridine rings is 1. The summed E-state index contributed by atoms with van der Waals surface area (Å²) >= 11 is 6.40. The first-order valence-electron chi connectivity index (χ1n) is 12.1. The SMILES string of the molecule is C=C(N=C(/C=C(\N)c1ccc(C)c(F)c1)N1CCN(c2ncccc2Cl)C[C@H]1C)N1CCCC1C. The summed E-state index contributed by atoms with van der Waals surface area (Å²) in [5.41, 5.74) is 8.15. The fraction of sp³-hybridized carbons (Fsp3) is 0.407. The molecule has 0 saturated carbocycles. The molecule has 2 aliphatic heterocycles. The van der Waals surface area contributed by atoms with Crippen LogP contribution in [-0.2, 0) is 0 Å². The minimum absolute atomic E-state index is 0.114. The van der Waals surface area contributed by atoms with Crippen molar-refractivity contribution in [1.29, 1.82) is 0 Å². The Bertz CT molecular complexity index is 1150. The van der Waals surface area contributed by atoms with Gasteiger partial charge in [0, 0.05) is 61.8 Å². The molecule has 1 unspecified atom stereocenters. The standard InChI is InChI=1S/C27H34ClFN6/c1-18-9-10-22(15-24(18)29)25(30)16-26(32-21(4)34-12-6-7-19(34)2)35-14-13-33(17-20(35)3)27-23(28)8-5-11-31-27/h5,8-11,15-16,19-20H,4,6-7,12-14,17,30H2,1-3H3/b25-16-,32-26?/t19?,20-/m1/s1. The molecule has 186 valence electrons. The Morgan fingerprint density at radius 3 is 2.66 bits per heavy atom. The molecule has 2 saturated heterocycles. The van der Waals surface area contributed by atoms with Gasteiger partial charge in [0.25, 0.3) is 0 Å². The smallest absolute Gasteiger partial charge is 0.147 e. The second-order valence-electron chi connectivity index (χ2n) is 9.43. The van der Waals surface area contributed by atoms with Crippen molar-refractivity contribution in [3.05, 3.63) is 77.0 Å². The van der Waals surface area contributed by atoms with Crippen molar-refractivity contribution in [3.8, 4) is 0 Å². The number of aromatic nitrogens is 1. The molecule has 2 N–H and O–H groups in total. The Morgan fingerprint density at radius 1 is 1.20 bits per heavy atom. The van der Waals surface area contributed by atoms with E-state index >= 15 is 0 Å². The van der Waals surface area contributed by atoms with Crippen LogP contribution in [0.1, 0.15) is 37.8 Å². The van der Waals surface area contributed by atoms with E-state index in [2.05, 4.69) is 40.1 Å². The van der Waals surface area contributed by atoms with Crippen molar-refractivity contribution in [2.75, 3.05) is 31.1 Å². The molecule has 1 aromatic heterocycles. The van der Waals surface area contributed by atoms with Gasteiger partial charge in [0.2, 0.25) is 0 Å². The number of nitrogens with zero attached hydrogens (tertiary/aromatic N) is 5. The maximum Gasteiger partial charge on any atom is 0.147 e. The highest BCUT2D eigenvalue weighted by atomic mass is 35.5. The molecule has 2 fully saturated rings. The van der Waals surface area contributed by atoms with Gasteiger partial charge in [0.05, 0.1) is 5.02 Å². The quantitative estimate of drug-likeness (QED) is 0.464. The third-order valence-electron chi connectivity index (χ3n) is 6.88. The number of aliphatic imine (C=N–C) groups is 1. The molecule has 4 rings (SSSR count). The Labute approximate surface area is 212 Å². The number of hydrogen-bond acceptors (Lipinski definition) is 5. The molecule has 2 aromatic rings. The van der Waals surface area contributed by atoms with E-state index in [4.69, 9.17) is 22.3 Å². The summed E-state index contributed by atoms with van der Waals surface area (Å²) in [7, 11) is 0. The summed E-state index contributed by atoms with van der Waals surface area (Å²) < 4.78 is 14.2. The number of piperazine rings is 1. The summed E-state index contributed by atoms with van der Waals surface area (Å²) in [5, 5.41) is 0.643. The van der Waals surface area contributed by atoms with Gasteiger partial charge in [0.1, 0.15) is 23.3 Å². The predicted octanol–water partition coefficient (Wildman–Crippen LogP) is 5.05. The molecule has 8 heteroatoms. The van der Waals surface area contributed by atoms with Crippen LogP contribution in [0.2, 0.25) is 5.02 Å². The Kier molecular flexibility index (Phi) is 7.65. The van der Waals surface area contributed by atoms with Gasteiger partial charge in [-0.3, -0.25) is 0 Å². The van der Waals surface area contributed by atoms with Crippen molar-refractivity contribution in [1.82, 2.24) is 14.8 Å². The van der Waals surface area contributed by atoms with Crippen LogP contribution in [0.5, 0.6) is 0 Å². The van der Waals surface area contributed by atoms with Gasteiger partial charge in [-0.15, -0.1) is 0 Å². The maximum atomic E-state index is 14.2. The molecule has 0 radical (unpaired) electrons. The summed E-state index contributed by atoms with van der Waals surface area (Å²) in [4.78, 5) is 16.1. The van der Waals surface area contributed by atoms with Gasteiger partial charge in [-0.2, -0.15) is 0 Å². The first-order valence-corrected chi connectivity index (χ1v) is 12.5. The lowest BCUT2D eigenvalue weighted by Crippen LogP contribution is -2.54. The summed E-state index contributed by atoms with van der Waals surface area (Å²) in [6.07, 6.45) is 5.86. The molecule has 0 spiro atoms. The average molecular weight is 497 g/mol. The number of rotatable bonds is 5. The highest BCUT2D eigenvalue weighted by Gasteiger charge is 2.28. The number of aryl methyl sites for hydroxylation is 1. The molecule has 0 aliphatic carbocycles. The second kappa shape index (κ2) is 10.7. The van der Waals surface area contributed by atoms with E-state index in [0.717, 1.165) is 50.0 Å². The van der Waals surface area contributed by atoms with Gasteiger partial charge in [-0.1, -0.05) is 30.3 Å². The predicted molar refractivity (Wildman–Crippen MR) is 143 cm³/mol. The van der Waals surface area contributed by atoms with Crippen LogP contribution in [0.15, 0.2) is 60.0 Å². The Hall–Kier alpha value is -3.06. The second-order valence-corrected chi connectivity index (χ2v) is 9.84. The Balaban J connectivity index is 1.63. The van der Waals surface area contributed by atoms with Crippen molar-refractivity contribution in [3.63, 3.8) is 0 Å². The summed E-state index contributed by atoms with van der Waals surface area (Å²) in [6.45, 7) is 13.5. The average Bonchev–Trinajstić information content (AvgIpc) is 3.26. The van der Waals surface area contributed by atoms with Crippen LogP contribution in [0.3, 0.4) is 0 Å². The fourth-order valence-electron chi connectivity index (χ4n) is 4.79. The lowest BCUT2D eigenvalue weighted by Gasteiger charge is -2.42. The van der Waals surface area contributed by atoms with E-state index in [-0.39, 0.29) is 11.9 Å². The van der Waals surface area contributed by atoms with Gasteiger partial charge < -0.3 is 20.4 Å². The highest BCUT2D eigenvalue weighted by Crippen LogP contribution is 2.27. The van der Waals surface area contributed by atoms with E-state index in [1.54, 1.807) is 19.2 Å². The lowest BCUT2D eigenvalue weighted by atomic mass is 10.1. The van der Waals surface area contributed by atoms with E-state index in [1.165, 1.54) is 6.07 Å². The molecule has 35 heavy (non-hydrogen) atoms. The number of halogens is 2. The third kappa shape index (κ3) is 5.61. The minimum atomic E-state index is -0.276. The van der Waals surface area contributed by atoms with E-state index in [1.807, 2.05) is 24.3 Å². The number of amidine groups is 1. The number of anilines is 1. The summed E-state index contributed by atoms with van der Waals surface area (Å²) in [5.74, 6) is 1.97. The zero-order chi connectivity index (χ0) is 25.1. The fourth-order valence-corrected chi connectivity index (χ4v) is 5.03. The Morgan fingerprint density at radius 2 is 2.00 bits per heavy atom. The van der Waals surface area contributed by atoms with Gasteiger partial charge in [-0.25, -0.2) is 14.4 Å². The monoisotopic (exact) mass is 496 g/mol. The van der Waals surface area contributed by atoms with E-state index in [0.29, 0.717) is 34.4 Å². The van der Waals surface area contributed by atoms with Crippen LogP contribution in [0, 0.1) is 12.7 Å². The lowest BCUT2D eigenvalue weighted by molar-refractivity contribution is 0.294. The van der Waals surface area contributed by atoms with Crippen LogP contribution in [-0.4, -0.2) is 58.9 Å². The molecule has 2 atom stereocenters. The van der Waals surface area contributed by atoms with E-state index in [9.17, 15) is 4.39 Å². The van der Waals surface area contributed by atoms with Crippen molar-refractivity contribution < 1.29 is 4.39 Å². The van der Waals surface area contributed by atoms with Crippen LogP contribution in [0.25, 0.3) is 5.70 Å². The first-order chi connectivity index (χ1) is 16.7. The molecule has 0 amide bonds. The largest absolute Gasteiger partial charge is 0.398 e. The van der Waals surface area contributed by atoms with Gasteiger partial charge in [0.15, 0.2) is 0 Å². The van der Waals surface area contributed by atoms with Crippen molar-refractivity contribution >= 4 is 29.0 Å². The maximum absolute atomic E-state index is 14.2. The molecule has 1 aromatic carbocycles. The van der Waals surface area contributed by atoms with Crippen molar-refractivity contribution in [2.45, 2.75) is 45.7 Å². The number of nitrogens with two attached hydrogens (primary N) is 1. The zero-order valence-corrected chi connectivity index (χ0v) is 21.5. The molecule has 0 bridgehead atoms. The molecule has 2 aliphatic rings.